The van der Waals surface area contributed by atoms with E-state index in [2.05, 4.69) is 15.0 Å². The topological polar surface area (TPSA) is 117 Å². The van der Waals surface area contributed by atoms with E-state index in [1.165, 1.54) is 6.33 Å². The molecule has 6 N–H and O–H groups in total. The van der Waals surface area contributed by atoms with Gasteiger partial charge in [0, 0.05) is 0 Å². The van der Waals surface area contributed by atoms with Crippen molar-refractivity contribution in [1.29, 1.82) is 0 Å². The number of nitrogens with zero attached hydrogens (tertiary/aromatic N) is 3. The summed E-state index contributed by atoms with van der Waals surface area (Å²) in [5, 5.41) is 0. The SMILES string of the molecule is CC(N)(N)c1ncnc(N)n1. The third kappa shape index (κ3) is 1.82. The standard InChI is InChI=1S/C5H10N6/c1-5(7,8)3-9-2-10-4(6)11-3/h2H,7-8H2,1H3,(H2,6,9,10,11). The lowest BCUT2D eigenvalue weighted by Gasteiger charge is -2.15. The zero-order valence-electron chi connectivity index (χ0n) is 6.15. The summed E-state index contributed by atoms with van der Waals surface area (Å²) in [5.74, 6) is 0.405. The lowest BCUT2D eigenvalue weighted by atomic mass is 10.2. The van der Waals surface area contributed by atoms with Crippen molar-refractivity contribution in [2.75, 3.05) is 5.73 Å². The van der Waals surface area contributed by atoms with Crippen LogP contribution in [0.4, 0.5) is 5.95 Å². The number of hydrogen-bond acceptors (Lipinski definition) is 6. The molecule has 0 amide bonds. The maximum atomic E-state index is 5.50. The van der Waals surface area contributed by atoms with Gasteiger partial charge in [-0.1, -0.05) is 0 Å². The summed E-state index contributed by atoms with van der Waals surface area (Å²) >= 11 is 0. The van der Waals surface area contributed by atoms with Gasteiger partial charge in [-0.15, -0.1) is 0 Å². The number of hydrogen-bond donors (Lipinski definition) is 3. The van der Waals surface area contributed by atoms with Crippen molar-refractivity contribution in [3.8, 4) is 0 Å². The minimum atomic E-state index is -1.06. The molecule has 6 heteroatoms. The first kappa shape index (κ1) is 7.83. The van der Waals surface area contributed by atoms with Crippen LogP contribution in [0.3, 0.4) is 0 Å². The van der Waals surface area contributed by atoms with Crippen LogP contribution in [-0.4, -0.2) is 15.0 Å². The molecule has 0 unspecified atom stereocenters. The van der Waals surface area contributed by atoms with E-state index in [0.717, 1.165) is 0 Å². The van der Waals surface area contributed by atoms with Crippen LogP contribution >= 0.6 is 0 Å². The Labute approximate surface area is 63.8 Å². The van der Waals surface area contributed by atoms with Crippen molar-refractivity contribution in [3.63, 3.8) is 0 Å². The molecule has 1 aromatic rings. The summed E-state index contributed by atoms with van der Waals surface area (Å²) in [6.07, 6.45) is 1.27. The monoisotopic (exact) mass is 154 g/mol. The molecule has 6 nitrogen and oxygen atoms in total. The Morgan fingerprint density at radius 3 is 2.36 bits per heavy atom. The largest absolute Gasteiger partial charge is 0.368 e. The fourth-order valence-electron chi connectivity index (χ4n) is 0.568. The summed E-state index contributed by atoms with van der Waals surface area (Å²) in [6, 6.07) is 0. The van der Waals surface area contributed by atoms with Crippen LogP contribution in [-0.2, 0) is 5.66 Å². The van der Waals surface area contributed by atoms with Gasteiger partial charge < -0.3 is 17.2 Å². The van der Waals surface area contributed by atoms with E-state index in [0.29, 0.717) is 0 Å². The molecule has 0 atom stereocenters. The lowest BCUT2D eigenvalue weighted by molar-refractivity contribution is 0.482. The Kier molecular flexibility index (Phi) is 1.71. The molecule has 0 aromatic carbocycles. The Balaban J connectivity index is 3.06. The fourth-order valence-corrected chi connectivity index (χ4v) is 0.568. The van der Waals surface area contributed by atoms with Crippen LogP contribution in [0.15, 0.2) is 6.33 Å². The van der Waals surface area contributed by atoms with Gasteiger partial charge >= 0.3 is 0 Å². The summed E-state index contributed by atoms with van der Waals surface area (Å²) < 4.78 is 0. The molecule has 0 radical (unpaired) electrons. The zero-order valence-corrected chi connectivity index (χ0v) is 6.15. The van der Waals surface area contributed by atoms with E-state index in [1.807, 2.05) is 0 Å². The van der Waals surface area contributed by atoms with Gasteiger partial charge in [0.2, 0.25) is 5.95 Å². The fraction of sp³-hybridized carbons (Fsp3) is 0.400. The van der Waals surface area contributed by atoms with Crippen molar-refractivity contribution in [2.45, 2.75) is 12.6 Å². The molecule has 0 saturated carbocycles. The van der Waals surface area contributed by atoms with Gasteiger partial charge in [-0.2, -0.15) is 4.98 Å². The Morgan fingerprint density at radius 2 is 2.00 bits per heavy atom. The first-order chi connectivity index (χ1) is 5.00. The Bertz CT molecular complexity index is 251. The highest BCUT2D eigenvalue weighted by molar-refractivity contribution is 5.15. The number of rotatable bonds is 1. The molecule has 60 valence electrons. The van der Waals surface area contributed by atoms with Gasteiger partial charge in [-0.05, 0) is 6.92 Å². The first-order valence-electron chi connectivity index (χ1n) is 3.03. The molecule has 1 heterocycles. The van der Waals surface area contributed by atoms with Crippen molar-refractivity contribution in [2.24, 2.45) is 11.5 Å². The highest BCUT2D eigenvalue weighted by Gasteiger charge is 2.18. The van der Waals surface area contributed by atoms with Crippen molar-refractivity contribution >= 4 is 5.95 Å². The zero-order chi connectivity index (χ0) is 8.48. The van der Waals surface area contributed by atoms with Gasteiger partial charge in [0.1, 0.15) is 12.0 Å². The van der Waals surface area contributed by atoms with E-state index < -0.39 is 5.66 Å². The average molecular weight is 154 g/mol. The number of nitrogen functional groups attached to an aromatic ring is 1. The van der Waals surface area contributed by atoms with Crippen LogP contribution in [0.25, 0.3) is 0 Å². The smallest absolute Gasteiger partial charge is 0.223 e. The molecule has 1 rings (SSSR count). The van der Waals surface area contributed by atoms with Gasteiger partial charge in [0.15, 0.2) is 5.82 Å². The molecule has 0 saturated heterocycles. The van der Waals surface area contributed by atoms with Crippen LogP contribution in [0.5, 0.6) is 0 Å². The molecule has 0 aliphatic rings. The first-order valence-corrected chi connectivity index (χ1v) is 3.03. The van der Waals surface area contributed by atoms with Crippen molar-refractivity contribution in [3.05, 3.63) is 12.2 Å². The van der Waals surface area contributed by atoms with Gasteiger partial charge in [0.05, 0.1) is 0 Å². The van der Waals surface area contributed by atoms with Crippen LogP contribution < -0.4 is 17.2 Å². The van der Waals surface area contributed by atoms with Gasteiger partial charge in [0.25, 0.3) is 0 Å². The van der Waals surface area contributed by atoms with Crippen LogP contribution in [0.2, 0.25) is 0 Å². The van der Waals surface area contributed by atoms with E-state index in [-0.39, 0.29) is 11.8 Å². The minimum Gasteiger partial charge on any atom is -0.368 e. The summed E-state index contributed by atoms with van der Waals surface area (Å²) in [4.78, 5) is 11.1. The normalized spacial score (nSPS) is 11.5. The van der Waals surface area contributed by atoms with E-state index >= 15 is 0 Å². The van der Waals surface area contributed by atoms with Gasteiger partial charge in [-0.25, -0.2) is 9.97 Å². The summed E-state index contributed by atoms with van der Waals surface area (Å²) in [7, 11) is 0. The van der Waals surface area contributed by atoms with E-state index in [9.17, 15) is 0 Å². The molecule has 11 heavy (non-hydrogen) atoms. The second-order valence-corrected chi connectivity index (χ2v) is 2.45. The summed E-state index contributed by atoms with van der Waals surface area (Å²) in [6.45, 7) is 1.59. The highest BCUT2D eigenvalue weighted by Crippen LogP contribution is 2.03. The molecule has 0 aliphatic heterocycles. The number of aromatic nitrogens is 3. The molecular weight excluding hydrogens is 144 g/mol. The summed E-state index contributed by atoms with van der Waals surface area (Å²) in [5.41, 5.74) is 15.2. The van der Waals surface area contributed by atoms with E-state index in [4.69, 9.17) is 17.2 Å². The third-order valence-corrected chi connectivity index (χ3v) is 1.07. The average Bonchev–Trinajstić information content (AvgIpc) is 1.86. The maximum Gasteiger partial charge on any atom is 0.223 e. The molecule has 0 aliphatic carbocycles. The Morgan fingerprint density at radius 1 is 1.36 bits per heavy atom. The predicted molar refractivity (Wildman–Crippen MR) is 40.0 cm³/mol. The van der Waals surface area contributed by atoms with Crippen molar-refractivity contribution in [1.82, 2.24) is 15.0 Å². The van der Waals surface area contributed by atoms with Crippen LogP contribution in [0, 0.1) is 0 Å². The Hall–Kier alpha value is -1.27. The quantitative estimate of drug-likeness (QED) is 0.426. The van der Waals surface area contributed by atoms with Crippen molar-refractivity contribution < 1.29 is 0 Å². The maximum absolute atomic E-state index is 5.50. The van der Waals surface area contributed by atoms with Crippen LogP contribution in [0.1, 0.15) is 12.7 Å². The molecule has 0 spiro atoms. The lowest BCUT2D eigenvalue weighted by Crippen LogP contribution is -2.44. The predicted octanol–water partition coefficient (Wildman–Crippen LogP) is -1.46. The molecule has 0 bridgehead atoms. The third-order valence-electron chi connectivity index (χ3n) is 1.07. The molecule has 0 fully saturated rings. The number of anilines is 1. The second kappa shape index (κ2) is 2.40. The van der Waals surface area contributed by atoms with Gasteiger partial charge in [-0.3, -0.25) is 0 Å². The minimum absolute atomic E-state index is 0.122. The number of nitrogens with two attached hydrogens (primary N) is 3. The second-order valence-electron chi connectivity index (χ2n) is 2.45. The molecular formula is C5H10N6. The molecule has 1 aromatic heterocycles. The van der Waals surface area contributed by atoms with E-state index in [1.54, 1.807) is 6.92 Å². The highest BCUT2D eigenvalue weighted by atomic mass is 15.1.